The molecule has 1 unspecified atom stereocenters. The number of fused-ring (bicyclic) bond motifs is 2. The van der Waals surface area contributed by atoms with Crippen LogP contribution in [0.5, 0.6) is 0 Å². The number of benzene rings is 3. The van der Waals surface area contributed by atoms with E-state index in [9.17, 15) is 18.0 Å². The molecule has 2 aliphatic heterocycles. The third kappa shape index (κ3) is 3.99. The monoisotopic (exact) mass is 475 g/mol. The summed E-state index contributed by atoms with van der Waals surface area (Å²) in [7, 11) is -3.80. The van der Waals surface area contributed by atoms with Crippen LogP contribution in [-0.2, 0) is 40.7 Å². The van der Waals surface area contributed by atoms with E-state index in [1.165, 1.54) is 21.3 Å². The first-order valence-electron chi connectivity index (χ1n) is 11.2. The number of amides is 2. The minimum atomic E-state index is -3.80. The van der Waals surface area contributed by atoms with Crippen LogP contribution in [0, 0.1) is 0 Å². The SMILES string of the molecule is NC(=O)C1Cc2ccccc2CN1C(=O)c1cccc(S(=O)(=O)N2CCc3ccccc3C2)c1. The highest BCUT2D eigenvalue weighted by atomic mass is 32.2. The van der Waals surface area contributed by atoms with Crippen LogP contribution < -0.4 is 5.73 Å². The molecule has 0 spiro atoms. The van der Waals surface area contributed by atoms with Crippen LogP contribution in [0.15, 0.2) is 77.7 Å². The van der Waals surface area contributed by atoms with Crippen LogP contribution in [-0.4, -0.2) is 42.0 Å². The number of rotatable bonds is 4. The summed E-state index contributed by atoms with van der Waals surface area (Å²) in [5.41, 5.74) is 9.92. The van der Waals surface area contributed by atoms with Gasteiger partial charge in [0.2, 0.25) is 15.9 Å². The fourth-order valence-electron chi connectivity index (χ4n) is 4.77. The van der Waals surface area contributed by atoms with Gasteiger partial charge in [-0.25, -0.2) is 8.42 Å². The Kier molecular flexibility index (Phi) is 5.71. The third-order valence-electron chi connectivity index (χ3n) is 6.65. The summed E-state index contributed by atoms with van der Waals surface area (Å²) in [6.07, 6.45) is 0.976. The first kappa shape index (κ1) is 22.3. The van der Waals surface area contributed by atoms with Crippen molar-refractivity contribution in [1.82, 2.24) is 9.21 Å². The number of hydrogen-bond acceptors (Lipinski definition) is 4. The van der Waals surface area contributed by atoms with Crippen molar-refractivity contribution in [3.63, 3.8) is 0 Å². The van der Waals surface area contributed by atoms with E-state index < -0.39 is 27.9 Å². The molecule has 3 aromatic carbocycles. The molecule has 174 valence electrons. The van der Waals surface area contributed by atoms with Crippen molar-refractivity contribution < 1.29 is 18.0 Å². The van der Waals surface area contributed by atoms with Gasteiger partial charge in [-0.3, -0.25) is 9.59 Å². The fraction of sp³-hybridized carbons (Fsp3) is 0.231. The zero-order chi connectivity index (χ0) is 23.9. The lowest BCUT2D eigenvalue weighted by atomic mass is 9.93. The standard InChI is InChI=1S/C26H25N3O4S/c27-25(30)24-15-19-7-2-4-9-22(19)17-29(24)26(31)20-10-5-11-23(14-20)34(32,33)28-13-12-18-6-1-3-8-21(18)16-28/h1-11,14,24H,12-13,15-17H2,(H2,27,30). The van der Waals surface area contributed by atoms with Crippen LogP contribution in [0.3, 0.4) is 0 Å². The minimum Gasteiger partial charge on any atom is -0.368 e. The predicted octanol–water partition coefficient (Wildman–Crippen LogP) is 2.49. The number of carbonyl (C=O) groups is 2. The maximum Gasteiger partial charge on any atom is 0.254 e. The van der Waals surface area contributed by atoms with Crippen molar-refractivity contribution in [2.45, 2.75) is 36.9 Å². The van der Waals surface area contributed by atoms with E-state index >= 15 is 0 Å². The molecule has 0 saturated carbocycles. The number of nitrogens with zero attached hydrogens (tertiary/aromatic N) is 2. The van der Waals surface area contributed by atoms with E-state index in [0.29, 0.717) is 25.9 Å². The van der Waals surface area contributed by atoms with Crippen LogP contribution in [0.4, 0.5) is 0 Å². The summed E-state index contributed by atoms with van der Waals surface area (Å²) in [5, 5.41) is 0. The smallest absolute Gasteiger partial charge is 0.254 e. The van der Waals surface area contributed by atoms with Gasteiger partial charge in [0, 0.05) is 31.6 Å². The molecule has 2 aliphatic rings. The van der Waals surface area contributed by atoms with E-state index in [0.717, 1.165) is 22.3 Å². The molecule has 2 heterocycles. The zero-order valence-corrected chi connectivity index (χ0v) is 19.4. The first-order chi connectivity index (χ1) is 16.3. The second-order valence-electron chi connectivity index (χ2n) is 8.71. The normalized spacial score (nSPS) is 18.1. The molecule has 8 heteroatoms. The van der Waals surface area contributed by atoms with Gasteiger partial charge in [-0.05, 0) is 46.9 Å². The van der Waals surface area contributed by atoms with Crippen molar-refractivity contribution in [3.8, 4) is 0 Å². The van der Waals surface area contributed by atoms with Gasteiger partial charge in [0.1, 0.15) is 6.04 Å². The molecule has 0 fully saturated rings. The van der Waals surface area contributed by atoms with E-state index in [1.807, 2.05) is 48.5 Å². The van der Waals surface area contributed by atoms with Gasteiger partial charge in [0.15, 0.2) is 0 Å². The highest BCUT2D eigenvalue weighted by Crippen LogP contribution is 2.28. The highest BCUT2D eigenvalue weighted by molar-refractivity contribution is 7.89. The second-order valence-corrected chi connectivity index (χ2v) is 10.6. The summed E-state index contributed by atoms with van der Waals surface area (Å²) in [5.74, 6) is -1.00. The first-order valence-corrected chi connectivity index (χ1v) is 12.6. The molecule has 0 bridgehead atoms. The van der Waals surface area contributed by atoms with E-state index in [4.69, 9.17) is 5.73 Å². The molecule has 0 aromatic heterocycles. The fourth-order valence-corrected chi connectivity index (χ4v) is 6.24. The number of carbonyl (C=O) groups excluding carboxylic acids is 2. The van der Waals surface area contributed by atoms with Crippen LogP contribution >= 0.6 is 0 Å². The average molecular weight is 476 g/mol. The Morgan fingerprint density at radius 2 is 1.47 bits per heavy atom. The minimum absolute atomic E-state index is 0.0609. The lowest BCUT2D eigenvalue weighted by Crippen LogP contribution is -2.51. The molecule has 34 heavy (non-hydrogen) atoms. The molecule has 3 aromatic rings. The topological polar surface area (TPSA) is 101 Å². The summed E-state index contributed by atoms with van der Waals surface area (Å²) in [6, 6.07) is 20.7. The second kappa shape index (κ2) is 8.70. The van der Waals surface area contributed by atoms with Crippen LogP contribution in [0.2, 0.25) is 0 Å². The van der Waals surface area contributed by atoms with Gasteiger partial charge in [-0.1, -0.05) is 54.6 Å². The molecule has 2 amide bonds. The van der Waals surface area contributed by atoms with Gasteiger partial charge in [-0.15, -0.1) is 0 Å². The van der Waals surface area contributed by atoms with Crippen molar-refractivity contribution >= 4 is 21.8 Å². The van der Waals surface area contributed by atoms with Crippen molar-refractivity contribution in [3.05, 3.63) is 101 Å². The Morgan fingerprint density at radius 3 is 2.18 bits per heavy atom. The van der Waals surface area contributed by atoms with E-state index in [2.05, 4.69) is 0 Å². The summed E-state index contributed by atoms with van der Waals surface area (Å²) in [6.45, 7) is 0.913. The van der Waals surface area contributed by atoms with Gasteiger partial charge >= 0.3 is 0 Å². The zero-order valence-electron chi connectivity index (χ0n) is 18.6. The van der Waals surface area contributed by atoms with Gasteiger partial charge in [0.05, 0.1) is 4.90 Å². The van der Waals surface area contributed by atoms with E-state index in [1.54, 1.807) is 12.1 Å². The molecule has 2 N–H and O–H groups in total. The lowest BCUT2D eigenvalue weighted by Gasteiger charge is -2.35. The molecule has 0 radical (unpaired) electrons. The quantitative estimate of drug-likeness (QED) is 0.626. The maximum atomic E-state index is 13.5. The highest BCUT2D eigenvalue weighted by Gasteiger charge is 2.35. The van der Waals surface area contributed by atoms with Crippen LogP contribution in [0.25, 0.3) is 0 Å². The third-order valence-corrected chi connectivity index (χ3v) is 8.49. The lowest BCUT2D eigenvalue weighted by molar-refractivity contribution is -0.122. The number of hydrogen-bond donors (Lipinski definition) is 1. The van der Waals surface area contributed by atoms with Crippen molar-refractivity contribution in [2.75, 3.05) is 6.54 Å². The Bertz CT molecular complexity index is 1390. The molecular formula is C26H25N3O4S. The molecular weight excluding hydrogens is 450 g/mol. The van der Waals surface area contributed by atoms with Gasteiger partial charge < -0.3 is 10.6 Å². The summed E-state index contributed by atoms with van der Waals surface area (Å²) < 4.78 is 28.3. The Morgan fingerprint density at radius 1 is 0.824 bits per heavy atom. The Labute approximate surface area is 198 Å². The number of primary amides is 1. The van der Waals surface area contributed by atoms with Crippen LogP contribution in [0.1, 0.15) is 32.6 Å². The average Bonchev–Trinajstić information content (AvgIpc) is 2.87. The Balaban J connectivity index is 1.44. The van der Waals surface area contributed by atoms with Gasteiger partial charge in [-0.2, -0.15) is 4.31 Å². The molecule has 0 saturated heterocycles. The summed E-state index contributed by atoms with van der Waals surface area (Å²) >= 11 is 0. The molecule has 1 atom stereocenters. The van der Waals surface area contributed by atoms with Gasteiger partial charge in [0.25, 0.3) is 5.91 Å². The number of sulfonamides is 1. The van der Waals surface area contributed by atoms with Crippen molar-refractivity contribution in [2.24, 2.45) is 5.73 Å². The number of nitrogens with two attached hydrogens (primary N) is 1. The van der Waals surface area contributed by atoms with E-state index in [-0.39, 0.29) is 17.0 Å². The predicted molar refractivity (Wildman–Crippen MR) is 127 cm³/mol. The maximum absolute atomic E-state index is 13.5. The summed E-state index contributed by atoms with van der Waals surface area (Å²) in [4.78, 5) is 27.1. The van der Waals surface area contributed by atoms with Crippen molar-refractivity contribution in [1.29, 1.82) is 0 Å². The molecule has 0 aliphatic carbocycles. The largest absolute Gasteiger partial charge is 0.368 e. The molecule has 5 rings (SSSR count). The Hall–Kier alpha value is -3.49. The molecule has 7 nitrogen and oxygen atoms in total.